The lowest BCUT2D eigenvalue weighted by molar-refractivity contribution is 0.404. The number of nitriles is 1. The SMILES string of the molecule is COc1ccc(-c2ccnc(Nc3ccc(SNCCN(C)C)c(OC)c3)n2)cc1C#N. The van der Waals surface area contributed by atoms with Gasteiger partial charge < -0.3 is 19.7 Å². The molecule has 3 rings (SSSR count). The molecule has 2 N–H and O–H groups in total. The fraction of sp³-hybridized carbons (Fsp3) is 0.261. The monoisotopic (exact) mass is 450 g/mol. The molecule has 0 unspecified atom stereocenters. The van der Waals surface area contributed by atoms with Gasteiger partial charge in [0.05, 0.1) is 30.4 Å². The molecule has 0 saturated heterocycles. The van der Waals surface area contributed by atoms with E-state index >= 15 is 0 Å². The number of likely N-dealkylation sites (N-methyl/N-ethyl adjacent to an activating group) is 1. The maximum atomic E-state index is 9.34. The van der Waals surface area contributed by atoms with Crippen LogP contribution in [0.4, 0.5) is 11.6 Å². The predicted molar refractivity (Wildman–Crippen MR) is 127 cm³/mol. The van der Waals surface area contributed by atoms with Crippen LogP contribution >= 0.6 is 11.9 Å². The maximum absolute atomic E-state index is 9.34. The van der Waals surface area contributed by atoms with Crippen molar-refractivity contribution in [1.29, 1.82) is 5.26 Å². The maximum Gasteiger partial charge on any atom is 0.227 e. The van der Waals surface area contributed by atoms with Crippen molar-refractivity contribution in [2.24, 2.45) is 0 Å². The summed E-state index contributed by atoms with van der Waals surface area (Å²) in [5.41, 5.74) is 2.77. The molecule has 0 bridgehead atoms. The molecule has 1 aromatic heterocycles. The molecule has 0 atom stereocenters. The number of ether oxygens (including phenoxy) is 2. The van der Waals surface area contributed by atoms with Gasteiger partial charge in [-0.2, -0.15) is 5.26 Å². The van der Waals surface area contributed by atoms with Crippen LogP contribution < -0.4 is 19.5 Å². The van der Waals surface area contributed by atoms with Gasteiger partial charge in [-0.3, -0.25) is 4.72 Å². The molecular weight excluding hydrogens is 424 g/mol. The van der Waals surface area contributed by atoms with Crippen LogP contribution in [0.15, 0.2) is 53.6 Å². The highest BCUT2D eigenvalue weighted by Crippen LogP contribution is 2.31. The van der Waals surface area contributed by atoms with E-state index in [1.165, 1.54) is 11.9 Å². The third kappa shape index (κ3) is 6.11. The fourth-order valence-corrected chi connectivity index (χ4v) is 3.62. The smallest absolute Gasteiger partial charge is 0.227 e. The van der Waals surface area contributed by atoms with E-state index in [9.17, 15) is 5.26 Å². The molecule has 1 heterocycles. The molecule has 0 radical (unpaired) electrons. The highest BCUT2D eigenvalue weighted by atomic mass is 32.2. The van der Waals surface area contributed by atoms with Gasteiger partial charge in [-0.1, -0.05) is 0 Å². The largest absolute Gasteiger partial charge is 0.495 e. The molecule has 0 aliphatic carbocycles. The van der Waals surface area contributed by atoms with Gasteiger partial charge in [0.2, 0.25) is 5.95 Å². The van der Waals surface area contributed by atoms with Gasteiger partial charge in [-0.25, -0.2) is 9.97 Å². The topological polar surface area (TPSA) is 95.3 Å². The number of benzene rings is 2. The molecule has 8 nitrogen and oxygen atoms in total. The van der Waals surface area contributed by atoms with Gasteiger partial charge in [0, 0.05) is 36.6 Å². The van der Waals surface area contributed by atoms with Crippen LogP contribution in [0.25, 0.3) is 11.3 Å². The molecule has 0 aliphatic heterocycles. The molecule has 166 valence electrons. The van der Waals surface area contributed by atoms with E-state index in [0.717, 1.165) is 35.0 Å². The first-order valence-corrected chi connectivity index (χ1v) is 10.8. The average Bonchev–Trinajstić information content (AvgIpc) is 2.82. The third-order valence-electron chi connectivity index (χ3n) is 4.53. The molecule has 9 heteroatoms. The van der Waals surface area contributed by atoms with Gasteiger partial charge in [0.25, 0.3) is 0 Å². The first-order valence-electron chi connectivity index (χ1n) is 9.95. The van der Waals surface area contributed by atoms with E-state index in [1.54, 1.807) is 38.6 Å². The minimum absolute atomic E-state index is 0.448. The number of nitrogens with zero attached hydrogens (tertiary/aromatic N) is 4. The fourth-order valence-electron chi connectivity index (χ4n) is 2.89. The van der Waals surface area contributed by atoms with Crippen LogP contribution in [-0.4, -0.2) is 56.3 Å². The predicted octanol–water partition coefficient (Wildman–Crippen LogP) is 3.93. The number of nitrogens with one attached hydrogen (secondary N) is 2. The molecule has 32 heavy (non-hydrogen) atoms. The highest BCUT2D eigenvalue weighted by Gasteiger charge is 2.10. The van der Waals surface area contributed by atoms with E-state index in [4.69, 9.17) is 9.47 Å². The van der Waals surface area contributed by atoms with Gasteiger partial charge in [0.15, 0.2) is 0 Å². The molecule has 0 aliphatic rings. The van der Waals surface area contributed by atoms with Crippen molar-refractivity contribution in [2.45, 2.75) is 4.90 Å². The molecule has 2 aromatic carbocycles. The van der Waals surface area contributed by atoms with E-state index in [1.807, 2.05) is 38.4 Å². The van der Waals surface area contributed by atoms with Crippen LogP contribution in [0.2, 0.25) is 0 Å². The Balaban J connectivity index is 1.74. The third-order valence-corrected chi connectivity index (χ3v) is 5.44. The van der Waals surface area contributed by atoms with Gasteiger partial charge in [0.1, 0.15) is 17.6 Å². The second-order valence-electron chi connectivity index (χ2n) is 7.08. The Morgan fingerprint density at radius 2 is 1.88 bits per heavy atom. The lowest BCUT2D eigenvalue weighted by Gasteiger charge is -2.13. The molecule has 0 spiro atoms. The Labute approximate surface area is 192 Å². The Morgan fingerprint density at radius 1 is 1.06 bits per heavy atom. The Kier molecular flexibility index (Phi) is 8.27. The standard InChI is InChI=1S/C23H26N6O2S/c1-29(2)12-11-26-32-22-8-6-18(14-21(22)31-4)27-23-25-10-9-19(28-23)16-5-7-20(30-3)17(13-16)15-24/h5-10,13-14,26H,11-12H2,1-4H3,(H,25,27,28). The zero-order valence-electron chi connectivity index (χ0n) is 18.5. The molecule has 3 aromatic rings. The summed E-state index contributed by atoms with van der Waals surface area (Å²) in [5, 5.41) is 12.6. The van der Waals surface area contributed by atoms with Crippen molar-refractivity contribution in [2.75, 3.05) is 46.7 Å². The minimum Gasteiger partial charge on any atom is -0.495 e. The summed E-state index contributed by atoms with van der Waals surface area (Å²) >= 11 is 1.54. The van der Waals surface area contributed by atoms with Crippen LogP contribution in [0.5, 0.6) is 11.5 Å². The Hall–Kier alpha value is -3.32. The summed E-state index contributed by atoms with van der Waals surface area (Å²) in [6.07, 6.45) is 1.68. The van der Waals surface area contributed by atoms with E-state index in [-0.39, 0.29) is 0 Å². The van der Waals surface area contributed by atoms with Crippen molar-refractivity contribution in [1.82, 2.24) is 19.6 Å². The number of rotatable bonds is 10. The lowest BCUT2D eigenvalue weighted by atomic mass is 10.1. The second-order valence-corrected chi connectivity index (χ2v) is 8.02. The molecule has 0 amide bonds. The van der Waals surface area contributed by atoms with E-state index in [0.29, 0.717) is 23.0 Å². The molecule has 0 fully saturated rings. The van der Waals surface area contributed by atoms with Crippen LogP contribution in [0.1, 0.15) is 5.56 Å². The molecule has 0 saturated carbocycles. The summed E-state index contributed by atoms with van der Waals surface area (Å²) in [6.45, 7) is 1.81. The zero-order chi connectivity index (χ0) is 22.9. The van der Waals surface area contributed by atoms with Crippen molar-refractivity contribution < 1.29 is 9.47 Å². The van der Waals surface area contributed by atoms with Gasteiger partial charge in [-0.05, 0) is 62.4 Å². The van der Waals surface area contributed by atoms with Crippen LogP contribution in [0.3, 0.4) is 0 Å². The van der Waals surface area contributed by atoms with Crippen molar-refractivity contribution in [3.8, 4) is 28.8 Å². The zero-order valence-corrected chi connectivity index (χ0v) is 19.4. The summed E-state index contributed by atoms with van der Waals surface area (Å²) in [6, 6.07) is 15.2. The Morgan fingerprint density at radius 3 is 2.59 bits per heavy atom. The first-order chi connectivity index (χ1) is 15.5. The normalized spacial score (nSPS) is 10.6. The number of aromatic nitrogens is 2. The highest BCUT2D eigenvalue weighted by molar-refractivity contribution is 7.97. The van der Waals surface area contributed by atoms with E-state index in [2.05, 4.69) is 31.0 Å². The van der Waals surface area contributed by atoms with E-state index < -0.39 is 0 Å². The van der Waals surface area contributed by atoms with Gasteiger partial charge >= 0.3 is 0 Å². The minimum atomic E-state index is 0.448. The number of anilines is 2. The Bertz CT molecular complexity index is 1100. The number of hydrogen-bond donors (Lipinski definition) is 2. The summed E-state index contributed by atoms with van der Waals surface area (Å²) in [7, 11) is 7.28. The van der Waals surface area contributed by atoms with Crippen molar-refractivity contribution >= 4 is 23.6 Å². The average molecular weight is 451 g/mol. The first kappa shape index (κ1) is 23.3. The summed E-state index contributed by atoms with van der Waals surface area (Å²) in [4.78, 5) is 12.0. The van der Waals surface area contributed by atoms with Crippen LogP contribution in [0, 0.1) is 11.3 Å². The quantitative estimate of drug-likeness (QED) is 0.352. The summed E-state index contributed by atoms with van der Waals surface area (Å²) in [5.74, 6) is 1.73. The molecular formula is C23H26N6O2S. The van der Waals surface area contributed by atoms with Crippen molar-refractivity contribution in [3.05, 3.63) is 54.2 Å². The van der Waals surface area contributed by atoms with Crippen molar-refractivity contribution in [3.63, 3.8) is 0 Å². The number of methoxy groups -OCH3 is 2. The lowest BCUT2D eigenvalue weighted by Crippen LogP contribution is -2.22. The van der Waals surface area contributed by atoms with Crippen LogP contribution in [-0.2, 0) is 0 Å². The van der Waals surface area contributed by atoms with Gasteiger partial charge in [-0.15, -0.1) is 0 Å². The summed E-state index contributed by atoms with van der Waals surface area (Å²) < 4.78 is 14.1. The second kappa shape index (κ2) is 11.3. The number of hydrogen-bond acceptors (Lipinski definition) is 9.